The van der Waals surface area contributed by atoms with E-state index in [1.165, 1.54) is 0 Å². The zero-order valence-electron chi connectivity index (χ0n) is 11.8. The Labute approximate surface area is 123 Å². The molecule has 0 saturated carbocycles. The van der Waals surface area contributed by atoms with Crippen LogP contribution in [0, 0.1) is 5.92 Å². The minimum atomic E-state index is -0.910. The third-order valence-corrected chi connectivity index (χ3v) is 4.31. The van der Waals surface area contributed by atoms with Crippen molar-refractivity contribution in [2.75, 3.05) is 13.2 Å². The smallest absolute Gasteiger partial charge is 0.309 e. The molecule has 3 atom stereocenters. The summed E-state index contributed by atoms with van der Waals surface area (Å²) < 4.78 is 5.60. The molecule has 5 nitrogen and oxygen atoms in total. The predicted octanol–water partition coefficient (Wildman–Crippen LogP) is 1.84. The molecule has 21 heavy (non-hydrogen) atoms. The van der Waals surface area contributed by atoms with Crippen LogP contribution in [0.2, 0.25) is 0 Å². The monoisotopic (exact) mass is 289 g/mol. The van der Waals surface area contributed by atoms with Crippen LogP contribution in [0.1, 0.15) is 30.9 Å². The molecule has 1 aromatic carbocycles. The predicted molar refractivity (Wildman–Crippen MR) is 75.6 cm³/mol. The van der Waals surface area contributed by atoms with Gasteiger partial charge in [0.1, 0.15) is 0 Å². The Morgan fingerprint density at radius 2 is 2.10 bits per heavy atom. The average molecular weight is 289 g/mol. The molecular weight excluding hydrogens is 270 g/mol. The van der Waals surface area contributed by atoms with Gasteiger partial charge in [-0.05, 0) is 18.4 Å². The lowest BCUT2D eigenvalue weighted by Gasteiger charge is -2.29. The summed E-state index contributed by atoms with van der Waals surface area (Å²) in [4.78, 5) is 25.5. The summed E-state index contributed by atoms with van der Waals surface area (Å²) in [5.74, 6) is -1.68. The van der Waals surface area contributed by atoms with Crippen LogP contribution >= 0.6 is 0 Å². The molecule has 0 bridgehead atoms. The van der Waals surface area contributed by atoms with E-state index in [9.17, 15) is 14.7 Å². The molecule has 2 aliphatic heterocycles. The van der Waals surface area contributed by atoms with Crippen molar-refractivity contribution in [3.63, 3.8) is 0 Å². The molecule has 1 amide bonds. The van der Waals surface area contributed by atoms with Crippen LogP contribution in [0.3, 0.4) is 0 Å². The van der Waals surface area contributed by atoms with E-state index in [2.05, 4.69) is 0 Å². The molecule has 0 radical (unpaired) electrons. The highest BCUT2D eigenvalue weighted by molar-refractivity contribution is 5.87. The number of carbonyl (C=O) groups excluding carboxylic acids is 1. The second kappa shape index (κ2) is 5.85. The van der Waals surface area contributed by atoms with Gasteiger partial charge in [0.05, 0.1) is 18.1 Å². The fourth-order valence-corrected chi connectivity index (χ4v) is 3.30. The van der Waals surface area contributed by atoms with Crippen molar-refractivity contribution in [1.82, 2.24) is 4.90 Å². The van der Waals surface area contributed by atoms with Crippen LogP contribution in [0.25, 0.3) is 0 Å². The second-order valence-corrected chi connectivity index (χ2v) is 5.69. The van der Waals surface area contributed by atoms with Gasteiger partial charge in [0.2, 0.25) is 5.91 Å². The number of likely N-dealkylation sites (tertiary alicyclic amines) is 1. The molecule has 2 heterocycles. The molecule has 2 fully saturated rings. The molecule has 1 aromatic rings. The Morgan fingerprint density at radius 3 is 2.71 bits per heavy atom. The first-order chi connectivity index (χ1) is 10.2. The molecule has 0 aliphatic carbocycles. The van der Waals surface area contributed by atoms with Crippen LogP contribution in [-0.4, -0.2) is 41.1 Å². The van der Waals surface area contributed by atoms with Crippen molar-refractivity contribution in [2.45, 2.75) is 31.4 Å². The Hall–Kier alpha value is -1.88. The highest BCUT2D eigenvalue weighted by Gasteiger charge is 2.45. The van der Waals surface area contributed by atoms with Crippen molar-refractivity contribution >= 4 is 11.9 Å². The highest BCUT2D eigenvalue weighted by atomic mass is 16.5. The van der Waals surface area contributed by atoms with Crippen molar-refractivity contribution in [3.05, 3.63) is 35.9 Å². The van der Waals surface area contributed by atoms with Crippen molar-refractivity contribution in [2.24, 2.45) is 5.92 Å². The number of aliphatic carboxylic acids is 1. The molecule has 0 unspecified atom stereocenters. The van der Waals surface area contributed by atoms with E-state index >= 15 is 0 Å². The van der Waals surface area contributed by atoms with Gasteiger partial charge in [0.15, 0.2) is 0 Å². The van der Waals surface area contributed by atoms with E-state index < -0.39 is 11.9 Å². The summed E-state index contributed by atoms with van der Waals surface area (Å²) in [6.45, 7) is 1.22. The normalized spacial score (nSPS) is 29.0. The van der Waals surface area contributed by atoms with E-state index in [0.717, 1.165) is 25.0 Å². The fraction of sp³-hybridized carbons (Fsp3) is 0.500. The Bertz CT molecular complexity index is 524. The van der Waals surface area contributed by atoms with Gasteiger partial charge in [0.25, 0.3) is 0 Å². The molecule has 0 aromatic heterocycles. The van der Waals surface area contributed by atoms with Gasteiger partial charge in [-0.15, -0.1) is 0 Å². The summed E-state index contributed by atoms with van der Waals surface area (Å²) in [6.07, 6.45) is 2.04. The Kier molecular flexibility index (Phi) is 3.92. The van der Waals surface area contributed by atoms with E-state index in [1.54, 1.807) is 4.90 Å². The van der Waals surface area contributed by atoms with Crippen molar-refractivity contribution in [3.8, 4) is 0 Å². The van der Waals surface area contributed by atoms with Gasteiger partial charge < -0.3 is 14.7 Å². The van der Waals surface area contributed by atoms with E-state index in [-0.39, 0.29) is 24.5 Å². The third kappa shape index (κ3) is 2.78. The zero-order chi connectivity index (χ0) is 14.8. The molecule has 112 valence electrons. The van der Waals surface area contributed by atoms with Gasteiger partial charge in [-0.3, -0.25) is 9.59 Å². The summed E-state index contributed by atoms with van der Waals surface area (Å²) in [5.41, 5.74) is 0.883. The van der Waals surface area contributed by atoms with Crippen LogP contribution in [-0.2, 0) is 14.3 Å². The van der Waals surface area contributed by atoms with Gasteiger partial charge in [-0.25, -0.2) is 0 Å². The first kappa shape index (κ1) is 14.1. The Balaban J connectivity index is 1.87. The van der Waals surface area contributed by atoms with Crippen LogP contribution in [0.15, 0.2) is 30.3 Å². The average Bonchev–Trinajstić information content (AvgIpc) is 3.09. The summed E-state index contributed by atoms with van der Waals surface area (Å²) in [7, 11) is 0. The number of carbonyl (C=O) groups is 2. The van der Waals surface area contributed by atoms with Crippen LogP contribution in [0.5, 0.6) is 0 Å². The lowest BCUT2D eigenvalue weighted by atomic mass is 9.93. The van der Waals surface area contributed by atoms with Gasteiger partial charge in [-0.1, -0.05) is 30.3 Å². The first-order valence-electron chi connectivity index (χ1n) is 7.35. The topological polar surface area (TPSA) is 66.8 Å². The number of hydrogen-bond donors (Lipinski definition) is 1. The summed E-state index contributed by atoms with van der Waals surface area (Å²) >= 11 is 0. The largest absolute Gasteiger partial charge is 0.481 e. The number of amides is 1. The molecule has 2 aliphatic rings. The fourth-order valence-electron chi connectivity index (χ4n) is 3.30. The number of hydrogen-bond acceptors (Lipinski definition) is 3. The maximum atomic E-state index is 12.3. The van der Waals surface area contributed by atoms with Crippen LogP contribution < -0.4 is 0 Å². The van der Waals surface area contributed by atoms with Crippen molar-refractivity contribution in [1.29, 1.82) is 0 Å². The quantitative estimate of drug-likeness (QED) is 0.918. The van der Waals surface area contributed by atoms with Gasteiger partial charge >= 0.3 is 5.97 Å². The van der Waals surface area contributed by atoms with Gasteiger partial charge in [-0.2, -0.15) is 0 Å². The molecule has 3 rings (SSSR count). The first-order valence-corrected chi connectivity index (χ1v) is 7.35. The molecule has 5 heteroatoms. The molecule has 2 saturated heterocycles. The number of rotatable bonds is 4. The maximum absolute atomic E-state index is 12.3. The van der Waals surface area contributed by atoms with Crippen LogP contribution in [0.4, 0.5) is 0 Å². The lowest BCUT2D eigenvalue weighted by molar-refractivity contribution is -0.142. The number of carboxylic acids is 1. The van der Waals surface area contributed by atoms with Gasteiger partial charge in [0, 0.05) is 19.6 Å². The minimum absolute atomic E-state index is 0.0349. The van der Waals surface area contributed by atoms with E-state index in [0.29, 0.717) is 6.54 Å². The number of ether oxygens (including phenoxy) is 1. The SMILES string of the molecule is O=C(O)[C@H]1CC(=O)N(C[C@H]2CCCO2)[C@@H]1c1ccccc1. The zero-order valence-corrected chi connectivity index (χ0v) is 11.8. The number of nitrogens with zero attached hydrogens (tertiary/aromatic N) is 1. The lowest BCUT2D eigenvalue weighted by Crippen LogP contribution is -2.36. The third-order valence-electron chi connectivity index (χ3n) is 4.31. The summed E-state index contributed by atoms with van der Waals surface area (Å²) in [6, 6.07) is 9.03. The standard InChI is InChI=1S/C16H19NO4/c18-14-9-13(16(19)20)15(11-5-2-1-3-6-11)17(14)10-12-7-4-8-21-12/h1-3,5-6,12-13,15H,4,7-10H2,(H,19,20)/t12-,13+,15-/m1/s1. The molecular formula is C16H19NO4. The second-order valence-electron chi connectivity index (χ2n) is 5.69. The molecule has 0 spiro atoms. The van der Waals surface area contributed by atoms with E-state index in [1.807, 2.05) is 30.3 Å². The minimum Gasteiger partial charge on any atom is -0.481 e. The van der Waals surface area contributed by atoms with Crippen molar-refractivity contribution < 1.29 is 19.4 Å². The molecule has 1 N–H and O–H groups in total. The van der Waals surface area contributed by atoms with E-state index in [4.69, 9.17) is 4.74 Å². The summed E-state index contributed by atoms with van der Waals surface area (Å²) in [5, 5.41) is 9.43. The number of benzene rings is 1. The number of carboxylic acid groups (broad SMARTS) is 1. The maximum Gasteiger partial charge on any atom is 0.309 e. The Morgan fingerprint density at radius 1 is 1.33 bits per heavy atom. The highest BCUT2D eigenvalue weighted by Crippen LogP contribution is 2.38.